The van der Waals surface area contributed by atoms with Gasteiger partial charge >= 0.3 is 0 Å². The lowest BCUT2D eigenvalue weighted by Gasteiger charge is -2.39. The summed E-state index contributed by atoms with van der Waals surface area (Å²) in [5, 5.41) is 9.86. The van der Waals surface area contributed by atoms with Crippen LogP contribution in [0, 0.1) is 6.92 Å². The maximum Gasteiger partial charge on any atom is 0.0718 e. The van der Waals surface area contributed by atoms with Crippen molar-refractivity contribution in [2.45, 2.75) is 26.4 Å². The van der Waals surface area contributed by atoms with E-state index in [4.69, 9.17) is 5.73 Å². The maximum absolute atomic E-state index is 9.86. The van der Waals surface area contributed by atoms with Crippen molar-refractivity contribution >= 4 is 11.4 Å². The molecule has 1 aliphatic rings. The molecule has 0 radical (unpaired) electrons. The second kappa shape index (κ2) is 5.39. The van der Waals surface area contributed by atoms with Crippen LogP contribution in [0.3, 0.4) is 0 Å². The summed E-state index contributed by atoms with van der Waals surface area (Å²) in [4.78, 5) is 4.70. The number of nitrogens with two attached hydrogens (primary N) is 1. The van der Waals surface area contributed by atoms with Gasteiger partial charge in [0.25, 0.3) is 0 Å². The van der Waals surface area contributed by atoms with Crippen molar-refractivity contribution in [2.75, 3.05) is 43.4 Å². The molecule has 1 aromatic rings. The van der Waals surface area contributed by atoms with Gasteiger partial charge in [0.05, 0.1) is 5.60 Å². The van der Waals surface area contributed by atoms with Crippen LogP contribution < -0.4 is 10.6 Å². The summed E-state index contributed by atoms with van der Waals surface area (Å²) in [5.74, 6) is 0. The van der Waals surface area contributed by atoms with Gasteiger partial charge in [0.15, 0.2) is 0 Å². The highest BCUT2D eigenvalue weighted by atomic mass is 16.3. The van der Waals surface area contributed by atoms with Crippen molar-refractivity contribution < 1.29 is 5.11 Å². The first-order chi connectivity index (χ1) is 8.87. The van der Waals surface area contributed by atoms with Gasteiger partial charge < -0.3 is 15.7 Å². The summed E-state index contributed by atoms with van der Waals surface area (Å²) in [7, 11) is 0. The quantitative estimate of drug-likeness (QED) is 0.811. The molecular weight excluding hydrogens is 238 g/mol. The van der Waals surface area contributed by atoms with Crippen molar-refractivity contribution in [1.29, 1.82) is 0 Å². The molecule has 3 N–H and O–H groups in total. The average Bonchev–Trinajstić information content (AvgIpc) is 2.32. The van der Waals surface area contributed by atoms with E-state index in [1.807, 2.05) is 26.0 Å². The Kier molecular flexibility index (Phi) is 4.02. The van der Waals surface area contributed by atoms with Crippen LogP contribution in [-0.2, 0) is 0 Å². The number of piperazine rings is 1. The molecule has 1 aliphatic heterocycles. The zero-order valence-corrected chi connectivity index (χ0v) is 12.2. The Balaban J connectivity index is 1.98. The van der Waals surface area contributed by atoms with Crippen molar-refractivity contribution in [2.24, 2.45) is 0 Å². The third-order valence-corrected chi connectivity index (χ3v) is 3.67. The molecule has 4 heteroatoms. The van der Waals surface area contributed by atoms with Crippen LogP contribution in [0.15, 0.2) is 18.2 Å². The van der Waals surface area contributed by atoms with Gasteiger partial charge in [0, 0.05) is 44.1 Å². The first-order valence-corrected chi connectivity index (χ1v) is 6.91. The number of hydrogen-bond donors (Lipinski definition) is 2. The van der Waals surface area contributed by atoms with Gasteiger partial charge in [-0.05, 0) is 38.5 Å². The molecule has 0 spiro atoms. The molecule has 0 bridgehead atoms. The Morgan fingerprint density at radius 1 is 1.21 bits per heavy atom. The molecule has 0 aliphatic carbocycles. The Bertz CT molecular complexity index is 432. The van der Waals surface area contributed by atoms with E-state index >= 15 is 0 Å². The molecule has 0 atom stereocenters. The third kappa shape index (κ3) is 3.61. The van der Waals surface area contributed by atoms with Crippen LogP contribution in [0.5, 0.6) is 0 Å². The molecule has 4 nitrogen and oxygen atoms in total. The summed E-state index contributed by atoms with van der Waals surface area (Å²) in [5.41, 5.74) is 8.61. The molecule has 0 unspecified atom stereocenters. The smallest absolute Gasteiger partial charge is 0.0718 e. The number of nitrogens with zero attached hydrogens (tertiary/aromatic N) is 2. The second-order valence-electron chi connectivity index (χ2n) is 6.07. The van der Waals surface area contributed by atoms with E-state index in [9.17, 15) is 5.11 Å². The van der Waals surface area contributed by atoms with Crippen molar-refractivity contribution in [1.82, 2.24) is 4.90 Å². The second-order valence-corrected chi connectivity index (χ2v) is 6.07. The van der Waals surface area contributed by atoms with Gasteiger partial charge in [-0.3, -0.25) is 4.90 Å². The lowest BCUT2D eigenvalue weighted by Crippen LogP contribution is -2.50. The van der Waals surface area contributed by atoms with E-state index in [2.05, 4.69) is 22.8 Å². The Hall–Kier alpha value is -1.26. The number of benzene rings is 1. The van der Waals surface area contributed by atoms with E-state index < -0.39 is 5.60 Å². The molecule has 0 saturated carbocycles. The van der Waals surface area contributed by atoms with Crippen molar-refractivity contribution in [3.05, 3.63) is 23.8 Å². The van der Waals surface area contributed by atoms with Crippen LogP contribution in [0.25, 0.3) is 0 Å². The Morgan fingerprint density at radius 2 is 1.84 bits per heavy atom. The predicted octanol–water partition coefficient (Wildman–Crippen LogP) is 1.47. The van der Waals surface area contributed by atoms with Gasteiger partial charge in [-0.25, -0.2) is 0 Å². The lowest BCUT2D eigenvalue weighted by molar-refractivity contribution is 0.0345. The van der Waals surface area contributed by atoms with Crippen molar-refractivity contribution in [3.8, 4) is 0 Å². The summed E-state index contributed by atoms with van der Waals surface area (Å²) in [6, 6.07) is 6.10. The van der Waals surface area contributed by atoms with Gasteiger partial charge in [-0.1, -0.05) is 6.07 Å². The zero-order chi connectivity index (χ0) is 14.0. The van der Waals surface area contributed by atoms with E-state index in [0.29, 0.717) is 0 Å². The molecule has 1 heterocycles. The molecular formula is C15H25N3O. The standard InChI is InChI=1S/C15H25N3O/c1-12-13(16)5-4-6-14(12)18-9-7-17(8-10-18)11-15(2,3)19/h4-6,19H,7-11,16H2,1-3H3. The van der Waals surface area contributed by atoms with Crippen LogP contribution >= 0.6 is 0 Å². The van der Waals surface area contributed by atoms with Crippen LogP contribution in [0.2, 0.25) is 0 Å². The fourth-order valence-corrected chi connectivity index (χ4v) is 2.68. The summed E-state index contributed by atoms with van der Waals surface area (Å²) in [6.07, 6.45) is 0. The van der Waals surface area contributed by atoms with Crippen LogP contribution in [-0.4, -0.2) is 48.3 Å². The first-order valence-electron chi connectivity index (χ1n) is 6.91. The maximum atomic E-state index is 9.86. The Labute approximate surface area is 115 Å². The first kappa shape index (κ1) is 14.2. The molecule has 1 fully saturated rings. The lowest BCUT2D eigenvalue weighted by atomic mass is 10.1. The van der Waals surface area contributed by atoms with E-state index in [-0.39, 0.29) is 0 Å². The third-order valence-electron chi connectivity index (χ3n) is 3.67. The van der Waals surface area contributed by atoms with Crippen LogP contribution in [0.1, 0.15) is 19.4 Å². The fraction of sp³-hybridized carbons (Fsp3) is 0.600. The molecule has 1 aromatic carbocycles. The van der Waals surface area contributed by atoms with E-state index in [1.165, 1.54) is 11.3 Å². The predicted molar refractivity (Wildman–Crippen MR) is 80.5 cm³/mol. The van der Waals surface area contributed by atoms with Gasteiger partial charge in [0.1, 0.15) is 0 Å². The van der Waals surface area contributed by atoms with E-state index in [0.717, 1.165) is 38.4 Å². The summed E-state index contributed by atoms with van der Waals surface area (Å²) < 4.78 is 0. The summed E-state index contributed by atoms with van der Waals surface area (Å²) >= 11 is 0. The van der Waals surface area contributed by atoms with Gasteiger partial charge in [0.2, 0.25) is 0 Å². The minimum absolute atomic E-state index is 0.616. The normalized spacial score (nSPS) is 17.8. The number of anilines is 2. The zero-order valence-electron chi connectivity index (χ0n) is 12.2. The number of hydrogen-bond acceptors (Lipinski definition) is 4. The number of rotatable bonds is 3. The monoisotopic (exact) mass is 263 g/mol. The number of nitrogen functional groups attached to an aromatic ring is 1. The number of β-amino-alcohol motifs (C(OH)–C–C–N with tert-alkyl or cyclic N) is 1. The highest BCUT2D eigenvalue weighted by Crippen LogP contribution is 2.25. The SMILES string of the molecule is Cc1c(N)cccc1N1CCN(CC(C)(C)O)CC1. The summed E-state index contributed by atoms with van der Waals surface area (Å²) in [6.45, 7) is 10.5. The minimum atomic E-state index is -0.616. The van der Waals surface area contributed by atoms with Crippen LogP contribution in [0.4, 0.5) is 11.4 Å². The van der Waals surface area contributed by atoms with Gasteiger partial charge in [-0.15, -0.1) is 0 Å². The highest BCUT2D eigenvalue weighted by Gasteiger charge is 2.23. The van der Waals surface area contributed by atoms with Crippen molar-refractivity contribution in [3.63, 3.8) is 0 Å². The Morgan fingerprint density at radius 3 is 2.42 bits per heavy atom. The van der Waals surface area contributed by atoms with Gasteiger partial charge in [-0.2, -0.15) is 0 Å². The minimum Gasteiger partial charge on any atom is -0.398 e. The number of aliphatic hydroxyl groups is 1. The molecule has 0 aromatic heterocycles. The topological polar surface area (TPSA) is 52.7 Å². The molecule has 106 valence electrons. The molecule has 0 amide bonds. The molecule has 19 heavy (non-hydrogen) atoms. The fourth-order valence-electron chi connectivity index (χ4n) is 2.68. The molecule has 2 rings (SSSR count). The molecule has 1 saturated heterocycles. The highest BCUT2D eigenvalue weighted by molar-refractivity contribution is 5.64. The largest absolute Gasteiger partial charge is 0.398 e. The average molecular weight is 263 g/mol. The van der Waals surface area contributed by atoms with E-state index in [1.54, 1.807) is 0 Å².